The molecule has 1 atom stereocenters. The summed E-state index contributed by atoms with van der Waals surface area (Å²) in [5, 5.41) is 9.36. The number of phenolic OH excluding ortho intramolecular Hbond substituents is 1. The van der Waals surface area contributed by atoms with Crippen molar-refractivity contribution in [1.29, 1.82) is 0 Å². The van der Waals surface area contributed by atoms with E-state index in [1.807, 2.05) is 47.4 Å². The number of hydrogen-bond donors (Lipinski definition) is 2. The third-order valence-electron chi connectivity index (χ3n) is 4.47. The van der Waals surface area contributed by atoms with Crippen LogP contribution >= 0.6 is 24.8 Å². The number of halogens is 2. The molecule has 2 aromatic rings. The Morgan fingerprint density at radius 1 is 0.962 bits per heavy atom. The number of carbonyl (C=O) groups excluding carboxylic acids is 1. The molecule has 3 N–H and O–H groups in total. The topological polar surface area (TPSA) is 69.8 Å². The highest BCUT2D eigenvalue weighted by Gasteiger charge is 2.23. The van der Waals surface area contributed by atoms with E-state index in [-0.39, 0.29) is 42.5 Å². The largest absolute Gasteiger partial charge is 0.508 e. The zero-order valence-corrected chi connectivity index (χ0v) is 16.1. The molecule has 5 nitrogen and oxygen atoms in total. The lowest BCUT2D eigenvalue weighted by Crippen LogP contribution is -2.49. The summed E-state index contributed by atoms with van der Waals surface area (Å²) in [5.74, 6) is 0.374. The van der Waals surface area contributed by atoms with E-state index in [0.717, 1.165) is 24.3 Å². The highest BCUT2D eigenvalue weighted by molar-refractivity contribution is 5.85. The third-order valence-corrected chi connectivity index (χ3v) is 4.47. The fourth-order valence-corrected chi connectivity index (χ4v) is 3.01. The lowest BCUT2D eigenvalue weighted by atomic mass is 10.0. The number of aromatic hydroxyl groups is 1. The molecule has 1 unspecified atom stereocenters. The van der Waals surface area contributed by atoms with Gasteiger partial charge in [0.25, 0.3) is 0 Å². The molecule has 1 aliphatic heterocycles. The van der Waals surface area contributed by atoms with Crippen molar-refractivity contribution < 1.29 is 9.90 Å². The fraction of sp³-hybridized carbons (Fsp3) is 0.316. The van der Waals surface area contributed by atoms with Crippen LogP contribution in [0.25, 0.3) is 0 Å². The minimum Gasteiger partial charge on any atom is -0.508 e. The normalized spacial score (nSPS) is 14.8. The van der Waals surface area contributed by atoms with Crippen molar-refractivity contribution in [3.63, 3.8) is 0 Å². The Morgan fingerprint density at radius 3 is 2.12 bits per heavy atom. The van der Waals surface area contributed by atoms with Gasteiger partial charge in [-0.1, -0.05) is 30.3 Å². The standard InChI is InChI=1S/C19H23N3O2.2ClH/c20-18(15-4-2-1-3-5-15)14-19(24)22-12-10-21(11-13-22)16-6-8-17(23)9-7-16;;/h1-9,18,23H,10-14,20H2;2*1H. The van der Waals surface area contributed by atoms with Gasteiger partial charge in [-0.05, 0) is 29.8 Å². The molecule has 0 saturated carbocycles. The second-order valence-electron chi connectivity index (χ2n) is 6.11. The van der Waals surface area contributed by atoms with Crippen LogP contribution in [-0.2, 0) is 4.79 Å². The molecule has 0 aromatic heterocycles. The molecule has 0 radical (unpaired) electrons. The summed E-state index contributed by atoms with van der Waals surface area (Å²) < 4.78 is 0. The number of amides is 1. The summed E-state index contributed by atoms with van der Waals surface area (Å²) in [6.07, 6.45) is 0.337. The van der Waals surface area contributed by atoms with E-state index in [0.29, 0.717) is 19.5 Å². The zero-order chi connectivity index (χ0) is 16.9. The third kappa shape index (κ3) is 5.53. The molecule has 1 saturated heterocycles. The quantitative estimate of drug-likeness (QED) is 0.831. The summed E-state index contributed by atoms with van der Waals surface area (Å²) in [4.78, 5) is 16.6. The van der Waals surface area contributed by atoms with Gasteiger partial charge in [0.15, 0.2) is 0 Å². The molecular weight excluding hydrogens is 373 g/mol. The average molecular weight is 398 g/mol. The minimum atomic E-state index is -0.256. The molecule has 0 bridgehead atoms. The molecule has 3 rings (SSSR count). The molecule has 26 heavy (non-hydrogen) atoms. The summed E-state index contributed by atoms with van der Waals surface area (Å²) in [6.45, 7) is 2.97. The molecule has 2 aromatic carbocycles. The van der Waals surface area contributed by atoms with E-state index < -0.39 is 0 Å². The van der Waals surface area contributed by atoms with Gasteiger partial charge < -0.3 is 20.6 Å². The van der Waals surface area contributed by atoms with E-state index in [4.69, 9.17) is 5.73 Å². The first kappa shape index (κ1) is 22.1. The number of rotatable bonds is 4. The first-order valence-corrected chi connectivity index (χ1v) is 8.26. The van der Waals surface area contributed by atoms with Crippen LogP contribution in [0.15, 0.2) is 54.6 Å². The van der Waals surface area contributed by atoms with Crippen molar-refractivity contribution in [2.24, 2.45) is 5.73 Å². The molecule has 1 amide bonds. The van der Waals surface area contributed by atoms with Crippen LogP contribution in [-0.4, -0.2) is 42.1 Å². The smallest absolute Gasteiger partial charge is 0.224 e. The highest BCUT2D eigenvalue weighted by atomic mass is 35.5. The Bertz CT molecular complexity index is 675. The van der Waals surface area contributed by atoms with Crippen molar-refractivity contribution >= 4 is 36.4 Å². The van der Waals surface area contributed by atoms with Crippen molar-refractivity contribution in [2.75, 3.05) is 31.1 Å². The van der Waals surface area contributed by atoms with Crippen molar-refractivity contribution in [2.45, 2.75) is 12.5 Å². The summed E-state index contributed by atoms with van der Waals surface area (Å²) in [7, 11) is 0. The van der Waals surface area contributed by atoms with E-state index >= 15 is 0 Å². The van der Waals surface area contributed by atoms with Crippen LogP contribution in [0.4, 0.5) is 5.69 Å². The van der Waals surface area contributed by atoms with E-state index in [9.17, 15) is 9.90 Å². The average Bonchev–Trinajstić information content (AvgIpc) is 2.63. The number of hydrogen-bond acceptors (Lipinski definition) is 4. The predicted octanol–water partition coefficient (Wildman–Crippen LogP) is 2.97. The van der Waals surface area contributed by atoms with E-state index in [1.54, 1.807) is 12.1 Å². The van der Waals surface area contributed by atoms with Crippen LogP contribution < -0.4 is 10.6 Å². The Morgan fingerprint density at radius 2 is 1.54 bits per heavy atom. The van der Waals surface area contributed by atoms with Gasteiger partial charge in [0.2, 0.25) is 5.91 Å². The molecule has 7 heteroatoms. The van der Waals surface area contributed by atoms with Gasteiger partial charge in [0.1, 0.15) is 5.75 Å². The van der Waals surface area contributed by atoms with Crippen LogP contribution in [0.3, 0.4) is 0 Å². The molecule has 0 aliphatic carbocycles. The Hall–Kier alpha value is -1.95. The van der Waals surface area contributed by atoms with Gasteiger partial charge in [-0.3, -0.25) is 4.79 Å². The lowest BCUT2D eigenvalue weighted by Gasteiger charge is -2.36. The second kappa shape index (κ2) is 10.3. The number of anilines is 1. The maximum Gasteiger partial charge on any atom is 0.224 e. The summed E-state index contributed by atoms with van der Waals surface area (Å²) in [5.41, 5.74) is 8.22. The number of nitrogens with two attached hydrogens (primary N) is 1. The van der Waals surface area contributed by atoms with Crippen molar-refractivity contribution in [3.05, 3.63) is 60.2 Å². The fourth-order valence-electron chi connectivity index (χ4n) is 3.01. The van der Waals surface area contributed by atoms with Gasteiger partial charge in [-0.2, -0.15) is 0 Å². The van der Waals surface area contributed by atoms with Crippen molar-refractivity contribution in [3.8, 4) is 5.75 Å². The minimum absolute atomic E-state index is 0. The highest BCUT2D eigenvalue weighted by Crippen LogP contribution is 2.21. The van der Waals surface area contributed by atoms with E-state index in [1.165, 1.54) is 0 Å². The molecule has 1 aliphatic rings. The molecular formula is C19H25Cl2N3O2. The van der Waals surface area contributed by atoms with Gasteiger partial charge >= 0.3 is 0 Å². The van der Waals surface area contributed by atoms with Gasteiger partial charge in [0.05, 0.1) is 0 Å². The molecule has 142 valence electrons. The summed E-state index contributed by atoms with van der Waals surface area (Å²) in [6, 6.07) is 16.7. The first-order valence-electron chi connectivity index (χ1n) is 8.26. The Kier molecular flexibility index (Phi) is 8.72. The van der Waals surface area contributed by atoms with Crippen LogP contribution in [0.2, 0.25) is 0 Å². The Balaban J connectivity index is 0.00000169. The maximum atomic E-state index is 12.5. The first-order chi connectivity index (χ1) is 11.6. The second-order valence-corrected chi connectivity index (χ2v) is 6.11. The number of benzene rings is 2. The molecule has 1 fully saturated rings. The Labute approximate surface area is 166 Å². The monoisotopic (exact) mass is 397 g/mol. The van der Waals surface area contributed by atoms with Crippen LogP contribution in [0.5, 0.6) is 5.75 Å². The SMILES string of the molecule is Cl.Cl.NC(CC(=O)N1CCN(c2ccc(O)cc2)CC1)c1ccccc1. The van der Waals surface area contributed by atoms with Gasteiger partial charge in [-0.25, -0.2) is 0 Å². The summed E-state index contributed by atoms with van der Waals surface area (Å²) >= 11 is 0. The van der Waals surface area contributed by atoms with E-state index in [2.05, 4.69) is 4.90 Å². The number of nitrogens with zero attached hydrogens (tertiary/aromatic N) is 2. The van der Waals surface area contributed by atoms with Crippen LogP contribution in [0.1, 0.15) is 18.0 Å². The lowest BCUT2D eigenvalue weighted by molar-refractivity contribution is -0.131. The van der Waals surface area contributed by atoms with Gasteiger partial charge in [0, 0.05) is 44.3 Å². The molecule has 0 spiro atoms. The number of piperazine rings is 1. The zero-order valence-electron chi connectivity index (χ0n) is 14.5. The predicted molar refractivity (Wildman–Crippen MR) is 109 cm³/mol. The van der Waals surface area contributed by atoms with Crippen molar-refractivity contribution in [1.82, 2.24) is 4.90 Å². The number of carbonyl (C=O) groups is 1. The van der Waals surface area contributed by atoms with Gasteiger partial charge in [-0.15, -0.1) is 24.8 Å². The number of phenols is 1. The van der Waals surface area contributed by atoms with Crippen LogP contribution in [0, 0.1) is 0 Å². The molecule has 1 heterocycles. The maximum absolute atomic E-state index is 12.5.